The molecule has 1 aromatic rings. The van der Waals surface area contributed by atoms with Crippen molar-refractivity contribution in [2.24, 2.45) is 17.8 Å². The normalized spacial score (nSPS) is 38.1. The van der Waals surface area contributed by atoms with Crippen LogP contribution in [0.3, 0.4) is 0 Å². The molecule has 5 N–H and O–H groups in total. The number of methoxy groups -OCH3 is 2. The summed E-state index contributed by atoms with van der Waals surface area (Å²) in [6, 6.07) is 7.03. The van der Waals surface area contributed by atoms with Crippen LogP contribution in [-0.4, -0.2) is 141 Å². The van der Waals surface area contributed by atoms with Crippen LogP contribution < -0.4 is 11.1 Å². The van der Waals surface area contributed by atoms with Crippen molar-refractivity contribution >= 4 is 17.6 Å². The lowest BCUT2D eigenvalue weighted by atomic mass is 9.81. The molecule has 6 fully saturated rings. The van der Waals surface area contributed by atoms with Gasteiger partial charge in [0.05, 0.1) is 61.0 Å². The van der Waals surface area contributed by atoms with Crippen molar-refractivity contribution in [3.05, 3.63) is 42.0 Å². The highest BCUT2D eigenvalue weighted by atomic mass is 16.6. The van der Waals surface area contributed by atoms with Crippen LogP contribution in [0.15, 0.2) is 36.4 Å². The van der Waals surface area contributed by atoms with E-state index in [1.807, 2.05) is 0 Å². The summed E-state index contributed by atoms with van der Waals surface area (Å²) in [5.74, 6) is 0.306. The molecule has 0 radical (unpaired) electrons. The van der Waals surface area contributed by atoms with Gasteiger partial charge in [-0.2, -0.15) is 0 Å². The second-order valence-electron chi connectivity index (χ2n) is 18.6. The van der Waals surface area contributed by atoms with Crippen LogP contribution in [0.25, 0.3) is 0 Å². The molecular formula is C46H70N2O13. The van der Waals surface area contributed by atoms with E-state index in [1.165, 1.54) is 0 Å². The maximum atomic E-state index is 14.2. The van der Waals surface area contributed by atoms with Crippen LogP contribution in [0.1, 0.15) is 90.5 Å². The molecule has 0 aliphatic carbocycles. The number of ketones is 1. The number of alkyl carbamates (subject to hydrolysis) is 1. The quantitative estimate of drug-likeness (QED) is 0.120. The molecule has 15 nitrogen and oxygen atoms in total. The topological polar surface area (TPSA) is 196 Å². The van der Waals surface area contributed by atoms with Crippen molar-refractivity contribution in [1.82, 2.24) is 5.32 Å². The number of amides is 1. The number of hydrogen-bond donors (Lipinski definition) is 4. The number of fused-ring (bicyclic) bond motifs is 3. The summed E-state index contributed by atoms with van der Waals surface area (Å²) in [6.45, 7) is 11.4. The van der Waals surface area contributed by atoms with E-state index in [0.717, 1.165) is 30.4 Å². The zero-order chi connectivity index (χ0) is 43.4. The third-order valence-corrected chi connectivity index (χ3v) is 14.0. The molecule has 6 heterocycles. The van der Waals surface area contributed by atoms with Crippen molar-refractivity contribution in [2.75, 3.05) is 33.1 Å². The maximum Gasteiger partial charge on any atom is 0.407 e. The van der Waals surface area contributed by atoms with Gasteiger partial charge in [0.25, 0.3) is 0 Å². The summed E-state index contributed by atoms with van der Waals surface area (Å²) in [4.78, 5) is 26.7. The minimum atomic E-state index is -0.978. The first-order valence-electron chi connectivity index (χ1n) is 22.6. The van der Waals surface area contributed by atoms with Crippen molar-refractivity contribution in [3.63, 3.8) is 0 Å². The minimum Gasteiger partial charge on any atom is -0.445 e. The first-order chi connectivity index (χ1) is 29.3. The zero-order valence-electron chi connectivity index (χ0n) is 36.6. The molecule has 17 atom stereocenters. The van der Waals surface area contributed by atoms with Crippen molar-refractivity contribution in [3.8, 4) is 0 Å². The highest BCUT2D eigenvalue weighted by Gasteiger charge is 2.59. The zero-order valence-corrected chi connectivity index (χ0v) is 36.6. The molecule has 3 unspecified atom stereocenters. The number of rotatable bonds is 18. The van der Waals surface area contributed by atoms with E-state index < -0.39 is 54.9 Å². The molecule has 2 bridgehead atoms. The van der Waals surface area contributed by atoms with Crippen LogP contribution in [-0.2, 0) is 54.0 Å². The highest BCUT2D eigenvalue weighted by Crippen LogP contribution is 2.44. The van der Waals surface area contributed by atoms with Crippen molar-refractivity contribution < 1.29 is 62.4 Å². The Hall–Kier alpha value is -2.70. The van der Waals surface area contributed by atoms with E-state index in [9.17, 15) is 19.8 Å². The molecule has 0 aromatic heterocycles. The van der Waals surface area contributed by atoms with Crippen molar-refractivity contribution in [2.45, 2.75) is 183 Å². The molecule has 342 valence electrons. The number of carbonyl (C=O) groups excluding carboxylic acids is 2. The largest absolute Gasteiger partial charge is 0.445 e. The molecule has 15 heteroatoms. The van der Waals surface area contributed by atoms with Gasteiger partial charge in [0.2, 0.25) is 0 Å². The van der Waals surface area contributed by atoms with Crippen LogP contribution in [0.5, 0.6) is 0 Å². The van der Waals surface area contributed by atoms with Crippen LogP contribution in [0.4, 0.5) is 10.5 Å². The van der Waals surface area contributed by atoms with E-state index in [4.69, 9.17) is 48.4 Å². The van der Waals surface area contributed by atoms with E-state index in [1.54, 1.807) is 38.5 Å². The van der Waals surface area contributed by atoms with Gasteiger partial charge in [-0.1, -0.05) is 39.5 Å². The Labute approximate surface area is 360 Å². The van der Waals surface area contributed by atoms with E-state index in [0.29, 0.717) is 43.9 Å². The Bertz CT molecular complexity index is 1610. The smallest absolute Gasteiger partial charge is 0.407 e. The van der Waals surface area contributed by atoms with Gasteiger partial charge in [0.15, 0.2) is 0 Å². The molecule has 6 saturated heterocycles. The Morgan fingerprint density at radius 3 is 2.44 bits per heavy atom. The predicted octanol–water partition coefficient (Wildman–Crippen LogP) is 4.42. The number of nitrogens with two attached hydrogens (primary N) is 1. The number of carbonyl (C=O) groups is 2. The average Bonchev–Trinajstić information content (AvgIpc) is 3.60. The lowest BCUT2D eigenvalue weighted by molar-refractivity contribution is -0.265. The first kappa shape index (κ1) is 46.3. The molecule has 0 spiro atoms. The molecule has 6 aliphatic heterocycles. The van der Waals surface area contributed by atoms with Gasteiger partial charge in [0.1, 0.15) is 42.9 Å². The molecule has 61 heavy (non-hydrogen) atoms. The first-order valence-corrected chi connectivity index (χ1v) is 22.6. The number of nitrogens with one attached hydrogen (secondary N) is 1. The molecule has 1 aromatic carbocycles. The van der Waals surface area contributed by atoms with Gasteiger partial charge in [0, 0.05) is 64.7 Å². The monoisotopic (exact) mass is 858 g/mol. The Balaban J connectivity index is 0.995. The number of Topliss-reactive ketones (excluding diaryl/α,β-unsaturated/α-hetero) is 1. The number of ether oxygens (including phenoxy) is 9. The molecule has 7 rings (SSSR count). The number of anilines is 1. The number of aliphatic hydroxyl groups excluding tert-OH is 2. The SMILES string of the molecule is C=C1[C@H](C)C[C@H](CCC(OC)C(C)C)O[C@@H]1C[C@@H]1O[C@H](C[C@H](O)CNC(=O)OCc2ccc(N)cc2)[C@H](OC)[C@H]1CC(=O)C[C@H]1CC[C@@H]2OC3C4O[C@H](CCO[C@H]4[C@H]2O1)[C@@H]3O. The standard InChI is InChI=1S/C46H70N2O13/c1-24(2)34(53-5)13-11-31-17-25(3)26(4)37(57-31)21-38-33(41(54-6)39(59-38)20-30(50)22-48-46(52)56-23-27-7-9-28(47)10-8-27)19-29(49)18-32-12-14-36-42(58-32)44-45-43(61-36)40(51)35(60-45)15-16-55-44/h7-10,24-25,30-45,50-51H,4,11-23,47H2,1-3,5-6H3,(H,48,52)/t25-,30+,31+,32-,33+,34?,35-,36+,37-,38+,39-,40+,41-,42+,43?,44+,45?/m1/s1. The lowest BCUT2D eigenvalue weighted by Crippen LogP contribution is -2.62. The molecule has 6 aliphatic rings. The summed E-state index contributed by atoms with van der Waals surface area (Å²) in [5.41, 5.74) is 8.16. The fourth-order valence-corrected chi connectivity index (χ4v) is 10.6. The molecule has 1 amide bonds. The van der Waals surface area contributed by atoms with Gasteiger partial charge in [-0.3, -0.25) is 4.79 Å². The summed E-state index contributed by atoms with van der Waals surface area (Å²) in [6.07, 6.45) is -0.916. The third kappa shape index (κ3) is 11.2. The lowest BCUT2D eigenvalue weighted by Gasteiger charge is -2.47. The van der Waals surface area contributed by atoms with Crippen LogP contribution in [0, 0.1) is 17.8 Å². The summed E-state index contributed by atoms with van der Waals surface area (Å²) in [7, 11) is 3.37. The fourth-order valence-electron chi connectivity index (χ4n) is 10.6. The Morgan fingerprint density at radius 1 is 0.934 bits per heavy atom. The maximum absolute atomic E-state index is 14.2. The average molecular weight is 859 g/mol. The molecular weight excluding hydrogens is 789 g/mol. The second-order valence-corrected chi connectivity index (χ2v) is 18.6. The van der Waals surface area contributed by atoms with Crippen molar-refractivity contribution in [1.29, 1.82) is 0 Å². The van der Waals surface area contributed by atoms with E-state index >= 15 is 0 Å². The minimum absolute atomic E-state index is 0.0220. The third-order valence-electron chi connectivity index (χ3n) is 14.0. The summed E-state index contributed by atoms with van der Waals surface area (Å²) >= 11 is 0. The van der Waals surface area contributed by atoms with Crippen LogP contribution >= 0.6 is 0 Å². The number of hydrogen-bond acceptors (Lipinski definition) is 14. The van der Waals surface area contributed by atoms with Gasteiger partial charge in [-0.15, -0.1) is 0 Å². The van der Waals surface area contributed by atoms with Gasteiger partial charge in [-0.25, -0.2) is 4.79 Å². The number of nitrogen functional groups attached to an aromatic ring is 1. The predicted molar refractivity (Wildman–Crippen MR) is 224 cm³/mol. The Kier molecular flexibility index (Phi) is 15.8. The highest BCUT2D eigenvalue weighted by molar-refractivity contribution is 5.79. The summed E-state index contributed by atoms with van der Waals surface area (Å²) < 4.78 is 56.1. The number of aliphatic hydroxyl groups is 2. The van der Waals surface area contributed by atoms with Gasteiger partial charge < -0.3 is 63.9 Å². The van der Waals surface area contributed by atoms with Gasteiger partial charge >= 0.3 is 6.09 Å². The molecule has 0 saturated carbocycles. The van der Waals surface area contributed by atoms with Gasteiger partial charge in [-0.05, 0) is 73.6 Å². The number of benzene rings is 1. The van der Waals surface area contributed by atoms with E-state index in [-0.39, 0.29) is 92.8 Å². The second kappa shape index (κ2) is 20.9. The van der Waals surface area contributed by atoms with E-state index in [2.05, 4.69) is 32.7 Å². The Morgan fingerprint density at radius 2 is 1.70 bits per heavy atom. The fraction of sp³-hybridized carbons (Fsp3) is 0.783. The summed E-state index contributed by atoms with van der Waals surface area (Å²) in [5, 5.41) is 24.7. The van der Waals surface area contributed by atoms with Crippen LogP contribution in [0.2, 0.25) is 0 Å².